The number of hydrogen-bond acceptors (Lipinski definition) is 2. The summed E-state index contributed by atoms with van der Waals surface area (Å²) < 4.78 is 56.4. The first-order valence-corrected chi connectivity index (χ1v) is 20.4. The summed E-state index contributed by atoms with van der Waals surface area (Å²) in [5, 5.41) is 7.91. The molecule has 0 saturated carbocycles. The molecule has 4 aromatic heterocycles. The summed E-state index contributed by atoms with van der Waals surface area (Å²) in [6.45, 7) is 7.90. The molecule has 0 aliphatic carbocycles. The molecule has 4 heterocycles. The lowest BCUT2D eigenvalue weighted by atomic mass is 9.98. The molecule has 0 saturated heterocycles. The number of hydrogen-bond donors (Lipinski definition) is 0. The molecule has 0 aliphatic heterocycles. The Morgan fingerprint density at radius 1 is 0.466 bits per heavy atom. The van der Waals surface area contributed by atoms with E-state index in [-0.39, 0.29) is 5.69 Å². The third kappa shape index (κ3) is 4.60. The molecule has 3 nitrogen and oxygen atoms in total. The van der Waals surface area contributed by atoms with Crippen LogP contribution in [0.4, 0.5) is 18.9 Å². The fourth-order valence-corrected chi connectivity index (χ4v) is 11.6. The van der Waals surface area contributed by atoms with Gasteiger partial charge in [-0.1, -0.05) is 115 Å². The Morgan fingerprint density at radius 2 is 0.966 bits per heavy atom. The topological polar surface area (TPSA) is 14.2 Å². The smallest absolute Gasteiger partial charge is 0.307 e. The van der Waals surface area contributed by atoms with Crippen LogP contribution < -0.4 is 0 Å². The van der Waals surface area contributed by atoms with Crippen molar-refractivity contribution in [1.29, 1.82) is 0 Å². The van der Waals surface area contributed by atoms with Gasteiger partial charge >= 0.3 is 6.18 Å². The number of rotatable bonds is 3. The van der Waals surface area contributed by atoms with E-state index in [0.717, 1.165) is 78.4 Å². The van der Waals surface area contributed by atoms with Gasteiger partial charge < -0.3 is 9.13 Å². The lowest BCUT2D eigenvalue weighted by Crippen LogP contribution is -2.13. The van der Waals surface area contributed by atoms with Crippen LogP contribution in [0.15, 0.2) is 158 Å². The van der Waals surface area contributed by atoms with Crippen molar-refractivity contribution in [3.63, 3.8) is 0 Å². The monoisotopic (exact) mass is 789 g/mol. The van der Waals surface area contributed by atoms with E-state index >= 15 is 13.2 Å². The number of aromatic nitrogens is 2. The van der Waals surface area contributed by atoms with E-state index in [1.807, 2.05) is 94.1 Å². The van der Waals surface area contributed by atoms with E-state index in [2.05, 4.69) is 47.3 Å². The molecule has 12 rings (SSSR count). The van der Waals surface area contributed by atoms with Gasteiger partial charge in [0.15, 0.2) is 5.69 Å². The second kappa shape index (κ2) is 12.0. The maximum absolute atomic E-state index is 16.2. The van der Waals surface area contributed by atoms with Crippen molar-refractivity contribution in [3.8, 4) is 22.5 Å². The maximum Gasteiger partial charge on any atom is 0.418 e. The quantitative estimate of drug-likeness (QED) is 0.158. The number of nitrogens with zero attached hydrogens (tertiary/aromatic N) is 3. The van der Waals surface area contributed by atoms with Crippen molar-refractivity contribution in [2.45, 2.75) is 6.18 Å². The zero-order valence-electron chi connectivity index (χ0n) is 30.3. The van der Waals surface area contributed by atoms with Gasteiger partial charge in [0, 0.05) is 58.1 Å². The molecule has 0 bridgehead atoms. The highest BCUT2D eigenvalue weighted by Gasteiger charge is 2.37. The minimum absolute atomic E-state index is 0.0309. The summed E-state index contributed by atoms with van der Waals surface area (Å²) in [7, 11) is 0. The van der Waals surface area contributed by atoms with Gasteiger partial charge in [-0.2, -0.15) is 13.2 Å². The largest absolute Gasteiger partial charge is 0.418 e. The maximum atomic E-state index is 16.2. The molecule has 0 radical (unpaired) electrons. The molecule has 0 amide bonds. The van der Waals surface area contributed by atoms with Crippen LogP contribution in [-0.4, -0.2) is 9.13 Å². The second-order valence-corrected chi connectivity index (χ2v) is 16.7. The number of para-hydroxylation sites is 2. The van der Waals surface area contributed by atoms with Gasteiger partial charge in [0.05, 0.1) is 55.0 Å². The summed E-state index contributed by atoms with van der Waals surface area (Å²) in [5.41, 5.74) is 4.40. The Labute approximate surface area is 336 Å². The average molecular weight is 790 g/mol. The number of alkyl halides is 3. The first kappa shape index (κ1) is 33.2. The van der Waals surface area contributed by atoms with Gasteiger partial charge in [0.25, 0.3) is 0 Å². The molecule has 0 unspecified atom stereocenters. The molecule has 0 N–H and O–H groups in total. The summed E-state index contributed by atoms with van der Waals surface area (Å²) in [4.78, 5) is 3.74. The van der Waals surface area contributed by atoms with Crippen molar-refractivity contribution in [1.82, 2.24) is 9.13 Å². The molecular weight excluding hydrogens is 764 g/mol. The fourth-order valence-electron chi connectivity index (χ4n) is 9.11. The summed E-state index contributed by atoms with van der Waals surface area (Å²) in [6.07, 6.45) is -4.74. The highest BCUT2D eigenvalue weighted by Crippen LogP contribution is 2.49. The molecule has 0 aliphatic rings. The lowest BCUT2D eigenvalue weighted by molar-refractivity contribution is -0.137. The predicted octanol–water partition coefficient (Wildman–Crippen LogP) is 15.9. The minimum Gasteiger partial charge on any atom is -0.307 e. The van der Waals surface area contributed by atoms with Crippen LogP contribution in [-0.2, 0) is 6.18 Å². The molecule has 0 atom stereocenters. The van der Waals surface area contributed by atoms with Crippen molar-refractivity contribution in [2.24, 2.45) is 0 Å². The van der Waals surface area contributed by atoms with Gasteiger partial charge in [0.1, 0.15) is 0 Å². The highest BCUT2D eigenvalue weighted by atomic mass is 32.1. The molecule has 0 spiro atoms. The van der Waals surface area contributed by atoms with Gasteiger partial charge in [-0.15, -0.1) is 22.7 Å². The fraction of sp³-hybridized carbons (Fsp3) is 0.0200. The van der Waals surface area contributed by atoms with Crippen LogP contribution in [0.5, 0.6) is 0 Å². The Kier molecular flexibility index (Phi) is 6.90. The van der Waals surface area contributed by atoms with Crippen molar-refractivity contribution in [3.05, 3.63) is 175 Å². The summed E-state index contributed by atoms with van der Waals surface area (Å²) >= 11 is 3.26. The highest BCUT2D eigenvalue weighted by molar-refractivity contribution is 7.27. The van der Waals surface area contributed by atoms with Crippen LogP contribution in [0.3, 0.4) is 0 Å². The third-order valence-corrected chi connectivity index (χ3v) is 13.9. The van der Waals surface area contributed by atoms with Gasteiger partial charge in [-0.05, 0) is 48.0 Å². The van der Waals surface area contributed by atoms with E-state index in [0.29, 0.717) is 28.0 Å². The van der Waals surface area contributed by atoms with Crippen LogP contribution in [0.25, 0.3) is 111 Å². The summed E-state index contributed by atoms with van der Waals surface area (Å²) in [5.74, 6) is 0. The van der Waals surface area contributed by atoms with Crippen LogP contribution >= 0.6 is 22.7 Å². The Balaban J connectivity index is 1.29. The zero-order chi connectivity index (χ0) is 38.9. The van der Waals surface area contributed by atoms with Crippen LogP contribution in [0.1, 0.15) is 5.56 Å². The van der Waals surface area contributed by atoms with E-state index in [4.69, 9.17) is 6.57 Å². The van der Waals surface area contributed by atoms with Gasteiger partial charge in [-0.3, -0.25) is 0 Å². The second-order valence-electron chi connectivity index (χ2n) is 14.6. The number of halogens is 3. The SMILES string of the molecule is [C-]#[N+]c1cccc(-c2cc(-n3c4ccccc4c4ccc5c6ccccc6sc5c43)c(C(F)(F)F)cc2-n2c3ccccc3c3ccc4c5ccccc5sc4c32)c1. The van der Waals surface area contributed by atoms with E-state index in [1.165, 1.54) is 6.07 Å². The molecule has 58 heavy (non-hydrogen) atoms. The standard InChI is InChI=1S/C50H26F3N3S2/c1-54-29-12-10-11-28(25-29)38-26-43(56-41-18-7-3-14-31(41)35-22-24-37-33-16-5-9-20-45(33)58-49(37)47(35)56)39(50(51,52)53)27-42(38)55-40-17-6-2-13-30(40)34-21-23-36-32-15-4-8-19-44(32)57-48(36)46(34)55/h2-27H. The first-order valence-electron chi connectivity index (χ1n) is 18.8. The van der Waals surface area contributed by atoms with Crippen LogP contribution in [0, 0.1) is 6.57 Å². The molecule has 274 valence electrons. The van der Waals surface area contributed by atoms with E-state index < -0.39 is 11.7 Å². The molecule has 8 heteroatoms. The van der Waals surface area contributed by atoms with Crippen molar-refractivity contribution < 1.29 is 13.2 Å². The predicted molar refractivity (Wildman–Crippen MR) is 238 cm³/mol. The Morgan fingerprint density at radius 3 is 1.52 bits per heavy atom. The third-order valence-electron chi connectivity index (χ3n) is 11.5. The Hall–Kier alpha value is -6.92. The molecule has 8 aromatic carbocycles. The van der Waals surface area contributed by atoms with Crippen molar-refractivity contribution in [2.75, 3.05) is 0 Å². The number of fused-ring (bicyclic) bond motifs is 14. The Bertz CT molecular complexity index is 3760. The molecular formula is C50H26F3N3S2. The zero-order valence-corrected chi connectivity index (χ0v) is 31.9. The summed E-state index contributed by atoms with van der Waals surface area (Å²) in [6, 6.07) is 50.7. The number of benzene rings is 8. The minimum atomic E-state index is -4.74. The first-order chi connectivity index (χ1) is 28.4. The van der Waals surface area contributed by atoms with Gasteiger partial charge in [0.2, 0.25) is 0 Å². The molecule has 0 fully saturated rings. The lowest BCUT2D eigenvalue weighted by Gasteiger charge is -2.22. The van der Waals surface area contributed by atoms with Crippen molar-refractivity contribution >= 4 is 112 Å². The van der Waals surface area contributed by atoms with Crippen LogP contribution in [0.2, 0.25) is 0 Å². The number of thiophene rings is 2. The normalized spacial score (nSPS) is 12.4. The van der Waals surface area contributed by atoms with E-state index in [1.54, 1.807) is 46.9 Å². The molecule has 12 aromatic rings. The van der Waals surface area contributed by atoms with Gasteiger partial charge in [-0.25, -0.2) is 4.85 Å². The van der Waals surface area contributed by atoms with E-state index in [9.17, 15) is 0 Å². The average Bonchev–Trinajstić information content (AvgIpc) is 4.00.